The largest absolute Gasteiger partial charge is 0.353 e. The van der Waals surface area contributed by atoms with Gasteiger partial charge in [0.25, 0.3) is 11.8 Å². The Hall–Kier alpha value is -4.66. The molecule has 1 atom stereocenters. The van der Waals surface area contributed by atoms with Gasteiger partial charge in [0.1, 0.15) is 11.9 Å². The van der Waals surface area contributed by atoms with Crippen LogP contribution in [0.3, 0.4) is 0 Å². The number of likely N-dealkylation sites (N-methyl/N-ethyl adjacent to an activating group) is 1. The average Bonchev–Trinajstić information content (AvgIpc) is 3.38. The number of carbonyl (C=O) groups excluding carboxylic acids is 3. The van der Waals surface area contributed by atoms with Crippen LogP contribution in [0.4, 0.5) is 4.39 Å². The molecule has 0 aliphatic heterocycles. The molecule has 2 aromatic carbocycles. The van der Waals surface area contributed by atoms with E-state index < -0.39 is 23.6 Å². The third kappa shape index (κ3) is 5.47. The molecule has 0 aliphatic rings. The quantitative estimate of drug-likeness (QED) is 0.385. The summed E-state index contributed by atoms with van der Waals surface area (Å²) < 4.78 is 14.7. The molecule has 35 heavy (non-hydrogen) atoms. The lowest BCUT2D eigenvalue weighted by Crippen LogP contribution is -2.48. The smallest absolute Gasteiger partial charge is 0.289 e. The Morgan fingerprint density at radius 3 is 2.43 bits per heavy atom. The Morgan fingerprint density at radius 2 is 1.71 bits per heavy atom. The maximum Gasteiger partial charge on any atom is 0.289 e. The van der Waals surface area contributed by atoms with Gasteiger partial charge in [0.05, 0.1) is 11.3 Å². The number of pyridine rings is 1. The number of rotatable bonds is 8. The van der Waals surface area contributed by atoms with Gasteiger partial charge in [-0.25, -0.2) is 14.1 Å². The van der Waals surface area contributed by atoms with Gasteiger partial charge in [0, 0.05) is 31.4 Å². The Bertz CT molecular complexity index is 1350. The van der Waals surface area contributed by atoms with Crippen LogP contribution in [-0.2, 0) is 16.0 Å². The standard InChI is InChI=1S/C26H22FN5O3/c1-28-26(35)23(33)22(16-17-6-3-2-4-7-17)30-25(34)20-8-5-14-29-24(20)32-15-13-21(31-32)18-9-11-19(27)12-10-18/h2-15,22H,16H2,1H3,(H,28,35)(H,30,34). The Kier molecular flexibility index (Phi) is 7.06. The highest BCUT2D eigenvalue weighted by atomic mass is 19.1. The number of Topliss-reactive ketones (excluding diaryl/α,β-unsaturated/α-hetero) is 1. The molecule has 0 fully saturated rings. The van der Waals surface area contributed by atoms with Crippen LogP contribution in [0.15, 0.2) is 85.2 Å². The van der Waals surface area contributed by atoms with Gasteiger partial charge in [-0.05, 0) is 48.0 Å². The fourth-order valence-electron chi connectivity index (χ4n) is 3.55. The van der Waals surface area contributed by atoms with Crippen molar-refractivity contribution in [3.8, 4) is 17.1 Å². The van der Waals surface area contributed by atoms with Gasteiger partial charge in [-0.3, -0.25) is 14.4 Å². The Morgan fingerprint density at radius 1 is 0.971 bits per heavy atom. The lowest BCUT2D eigenvalue weighted by Gasteiger charge is -2.18. The normalized spacial score (nSPS) is 11.5. The number of amides is 2. The zero-order valence-corrected chi connectivity index (χ0v) is 18.8. The number of benzene rings is 2. The predicted octanol–water partition coefficient (Wildman–Crippen LogP) is 2.73. The molecule has 4 rings (SSSR count). The van der Waals surface area contributed by atoms with Crippen molar-refractivity contribution in [2.75, 3.05) is 7.05 Å². The van der Waals surface area contributed by atoms with Crippen LogP contribution in [0.25, 0.3) is 17.1 Å². The number of halogens is 1. The van der Waals surface area contributed by atoms with Gasteiger partial charge >= 0.3 is 0 Å². The molecule has 0 bridgehead atoms. The maximum atomic E-state index is 13.3. The molecule has 2 amide bonds. The molecule has 1 unspecified atom stereocenters. The van der Waals surface area contributed by atoms with Gasteiger partial charge in [0.15, 0.2) is 5.82 Å². The second kappa shape index (κ2) is 10.5. The summed E-state index contributed by atoms with van der Waals surface area (Å²) in [7, 11) is 1.36. The van der Waals surface area contributed by atoms with E-state index in [0.29, 0.717) is 11.3 Å². The van der Waals surface area contributed by atoms with Crippen molar-refractivity contribution in [2.45, 2.75) is 12.5 Å². The molecule has 8 nitrogen and oxygen atoms in total. The van der Waals surface area contributed by atoms with Gasteiger partial charge in [-0.1, -0.05) is 30.3 Å². The molecule has 2 N–H and O–H groups in total. The van der Waals surface area contributed by atoms with Crippen LogP contribution in [0.5, 0.6) is 0 Å². The zero-order valence-electron chi connectivity index (χ0n) is 18.8. The lowest BCUT2D eigenvalue weighted by molar-refractivity contribution is -0.138. The summed E-state index contributed by atoms with van der Waals surface area (Å²) in [6.07, 6.45) is 3.29. The van der Waals surface area contributed by atoms with E-state index in [1.54, 1.807) is 36.5 Å². The number of aromatic nitrogens is 3. The van der Waals surface area contributed by atoms with E-state index in [4.69, 9.17) is 0 Å². The van der Waals surface area contributed by atoms with Crippen molar-refractivity contribution in [3.05, 3.63) is 102 Å². The number of nitrogens with zero attached hydrogens (tertiary/aromatic N) is 3. The van der Waals surface area contributed by atoms with E-state index >= 15 is 0 Å². The van der Waals surface area contributed by atoms with Crippen LogP contribution in [0, 0.1) is 5.82 Å². The summed E-state index contributed by atoms with van der Waals surface area (Å²) in [4.78, 5) is 42.3. The fourth-order valence-corrected chi connectivity index (χ4v) is 3.55. The van der Waals surface area contributed by atoms with Crippen LogP contribution in [0.2, 0.25) is 0 Å². The summed E-state index contributed by atoms with van der Waals surface area (Å²) in [5.74, 6) is -2.25. The van der Waals surface area contributed by atoms with Gasteiger partial charge < -0.3 is 10.6 Å². The monoisotopic (exact) mass is 471 g/mol. The Balaban J connectivity index is 1.61. The number of ketones is 1. The predicted molar refractivity (Wildman–Crippen MR) is 127 cm³/mol. The third-order valence-electron chi connectivity index (χ3n) is 5.33. The first-order valence-electron chi connectivity index (χ1n) is 10.8. The Labute approximate surface area is 200 Å². The number of carbonyl (C=O) groups is 3. The average molecular weight is 471 g/mol. The number of nitrogens with one attached hydrogen (secondary N) is 2. The molecule has 2 heterocycles. The molecule has 2 aromatic heterocycles. The van der Waals surface area contributed by atoms with Crippen LogP contribution >= 0.6 is 0 Å². The highest BCUT2D eigenvalue weighted by molar-refractivity contribution is 6.38. The summed E-state index contributed by atoms with van der Waals surface area (Å²) >= 11 is 0. The SMILES string of the molecule is CNC(=O)C(=O)C(Cc1ccccc1)NC(=O)c1cccnc1-n1ccc(-c2ccc(F)cc2)n1. The lowest BCUT2D eigenvalue weighted by atomic mass is 10.0. The topological polar surface area (TPSA) is 106 Å². The molecule has 0 saturated carbocycles. The van der Waals surface area contributed by atoms with Crippen molar-refractivity contribution >= 4 is 17.6 Å². The van der Waals surface area contributed by atoms with E-state index in [1.807, 2.05) is 30.3 Å². The van der Waals surface area contributed by atoms with Crippen LogP contribution < -0.4 is 10.6 Å². The molecule has 0 radical (unpaired) electrons. The minimum absolute atomic E-state index is 0.144. The third-order valence-corrected chi connectivity index (χ3v) is 5.33. The zero-order chi connectivity index (χ0) is 24.8. The first kappa shape index (κ1) is 23.5. The highest BCUT2D eigenvalue weighted by Gasteiger charge is 2.28. The van der Waals surface area contributed by atoms with E-state index in [-0.39, 0.29) is 23.6 Å². The van der Waals surface area contributed by atoms with E-state index in [0.717, 1.165) is 5.56 Å². The van der Waals surface area contributed by atoms with Gasteiger partial charge in [-0.2, -0.15) is 5.10 Å². The van der Waals surface area contributed by atoms with Gasteiger partial charge in [0.2, 0.25) is 5.78 Å². The minimum atomic E-state index is -1.08. The molecule has 0 aliphatic carbocycles. The molecule has 0 spiro atoms. The summed E-state index contributed by atoms with van der Waals surface area (Å²) in [5, 5.41) is 9.46. The van der Waals surface area contributed by atoms with Crippen molar-refractivity contribution in [2.24, 2.45) is 0 Å². The van der Waals surface area contributed by atoms with E-state index in [2.05, 4.69) is 20.7 Å². The van der Waals surface area contributed by atoms with Crippen LogP contribution in [-0.4, -0.2) is 45.5 Å². The van der Waals surface area contributed by atoms with Crippen LogP contribution in [0.1, 0.15) is 15.9 Å². The second-order valence-electron chi connectivity index (χ2n) is 7.69. The first-order valence-corrected chi connectivity index (χ1v) is 10.8. The molecule has 9 heteroatoms. The van der Waals surface area contributed by atoms with E-state index in [9.17, 15) is 18.8 Å². The molecular formula is C26H22FN5O3. The molecule has 4 aromatic rings. The molecule has 176 valence electrons. The van der Waals surface area contributed by atoms with Crippen molar-refractivity contribution in [1.82, 2.24) is 25.4 Å². The van der Waals surface area contributed by atoms with Crippen molar-refractivity contribution in [1.29, 1.82) is 0 Å². The number of hydrogen-bond donors (Lipinski definition) is 2. The van der Waals surface area contributed by atoms with Gasteiger partial charge in [-0.15, -0.1) is 0 Å². The molecule has 0 saturated heterocycles. The first-order chi connectivity index (χ1) is 17.0. The highest BCUT2D eigenvalue weighted by Crippen LogP contribution is 2.20. The molecular weight excluding hydrogens is 449 g/mol. The number of hydrogen-bond acceptors (Lipinski definition) is 5. The fraction of sp³-hybridized carbons (Fsp3) is 0.115. The second-order valence-corrected chi connectivity index (χ2v) is 7.69. The summed E-state index contributed by atoms with van der Waals surface area (Å²) in [5.41, 5.74) is 2.23. The summed E-state index contributed by atoms with van der Waals surface area (Å²) in [6.45, 7) is 0. The van der Waals surface area contributed by atoms with Crippen molar-refractivity contribution in [3.63, 3.8) is 0 Å². The maximum absolute atomic E-state index is 13.3. The van der Waals surface area contributed by atoms with Crippen molar-refractivity contribution < 1.29 is 18.8 Å². The minimum Gasteiger partial charge on any atom is -0.353 e. The summed E-state index contributed by atoms with van der Waals surface area (Å²) in [6, 6.07) is 18.8. The van der Waals surface area contributed by atoms with E-state index in [1.165, 1.54) is 30.1 Å².